The fourth-order valence-electron chi connectivity index (χ4n) is 5.91. The van der Waals surface area contributed by atoms with Crippen molar-refractivity contribution in [1.82, 2.24) is 4.57 Å². The fraction of sp³-hybridized carbons (Fsp3) is 0.250. The molecule has 0 saturated carbocycles. The Morgan fingerprint density at radius 1 is 0.857 bits per heavy atom. The number of aromatic nitrogens is 1. The lowest BCUT2D eigenvalue weighted by molar-refractivity contribution is -0.138. The molecule has 3 amide bonds. The van der Waals surface area contributed by atoms with Crippen molar-refractivity contribution in [3.05, 3.63) is 98.0 Å². The van der Waals surface area contributed by atoms with Crippen LogP contribution in [0.15, 0.2) is 76.6 Å². The molecular formula is C32H23F6N3O6S2. The topological polar surface area (TPSA) is 107 Å². The van der Waals surface area contributed by atoms with E-state index in [0.717, 1.165) is 46.7 Å². The summed E-state index contributed by atoms with van der Waals surface area (Å²) in [5.41, 5.74) is -2.59. The molecule has 0 aliphatic carbocycles. The summed E-state index contributed by atoms with van der Waals surface area (Å²) in [7, 11) is 2.77. The van der Waals surface area contributed by atoms with Gasteiger partial charge in [0.05, 0.1) is 47.7 Å². The monoisotopic (exact) mass is 723 g/mol. The lowest BCUT2D eigenvalue weighted by Gasteiger charge is -2.31. The van der Waals surface area contributed by atoms with Crippen molar-refractivity contribution in [2.24, 2.45) is 5.92 Å². The van der Waals surface area contributed by atoms with Gasteiger partial charge in [-0.15, -0.1) is 0 Å². The Labute approximate surface area is 281 Å². The smallest absolute Gasteiger partial charge is 0.418 e. The number of nitrogens with zero attached hydrogens (tertiary/aromatic N) is 2. The molecule has 1 aromatic heterocycles. The van der Waals surface area contributed by atoms with Gasteiger partial charge in [-0.05, 0) is 48.0 Å². The van der Waals surface area contributed by atoms with Crippen molar-refractivity contribution in [2.45, 2.75) is 35.1 Å². The van der Waals surface area contributed by atoms with E-state index in [9.17, 15) is 45.5 Å². The molecule has 3 aromatic carbocycles. The minimum absolute atomic E-state index is 0.113. The molecule has 49 heavy (non-hydrogen) atoms. The Morgan fingerprint density at radius 2 is 1.57 bits per heavy atom. The molecule has 3 heterocycles. The maximum atomic E-state index is 14.1. The predicted molar refractivity (Wildman–Crippen MR) is 167 cm³/mol. The number of thioether (sulfide) groups is 1. The number of alkyl halides is 6. The van der Waals surface area contributed by atoms with E-state index in [2.05, 4.69) is 5.32 Å². The third-order valence-corrected chi connectivity index (χ3v) is 10.7. The minimum Gasteiger partial charge on any atom is -0.493 e. The van der Waals surface area contributed by atoms with E-state index in [4.69, 9.17) is 9.47 Å². The standard InChI is InChI=1S/C32H23F6N3O6S2/c1-46-20-11-10-15(12-21(20)47-2)23-24-25(28(44)41(27(24)43)17-7-5-6-16(13-17)31(33,34)35)48-29-26(23)49-30(45)40(29)14-22(42)39-19-9-4-3-8-18(19)32(36,37)38/h3-13,23-25H,14H2,1-2H3,(H,39,42). The zero-order valence-electron chi connectivity index (χ0n) is 25.2. The maximum Gasteiger partial charge on any atom is 0.418 e. The molecule has 1 fully saturated rings. The Kier molecular flexibility index (Phi) is 8.77. The molecule has 256 valence electrons. The third-order valence-electron chi connectivity index (χ3n) is 8.06. The number of hydrogen-bond donors (Lipinski definition) is 1. The van der Waals surface area contributed by atoms with Gasteiger partial charge in [0.1, 0.15) is 11.8 Å². The van der Waals surface area contributed by atoms with Crippen LogP contribution in [0.5, 0.6) is 11.5 Å². The molecule has 17 heteroatoms. The molecule has 1 N–H and O–H groups in total. The first-order chi connectivity index (χ1) is 23.1. The molecule has 3 unspecified atom stereocenters. The quantitative estimate of drug-likeness (QED) is 0.174. The van der Waals surface area contributed by atoms with Crippen LogP contribution in [0.2, 0.25) is 0 Å². The lowest BCUT2D eigenvalue weighted by atomic mass is 9.83. The molecular weight excluding hydrogens is 700 g/mol. The van der Waals surface area contributed by atoms with Crippen LogP contribution < -0.4 is 24.6 Å². The van der Waals surface area contributed by atoms with Gasteiger partial charge < -0.3 is 14.8 Å². The zero-order chi connectivity index (χ0) is 35.4. The Balaban J connectivity index is 1.43. The zero-order valence-corrected chi connectivity index (χ0v) is 26.9. The van der Waals surface area contributed by atoms with Crippen LogP contribution >= 0.6 is 23.1 Å². The van der Waals surface area contributed by atoms with E-state index in [1.54, 1.807) is 18.2 Å². The largest absolute Gasteiger partial charge is 0.493 e. The van der Waals surface area contributed by atoms with Crippen LogP contribution in [0.25, 0.3) is 0 Å². The molecule has 2 aliphatic rings. The van der Waals surface area contributed by atoms with Crippen molar-refractivity contribution >= 4 is 52.2 Å². The van der Waals surface area contributed by atoms with Gasteiger partial charge in [-0.3, -0.25) is 23.7 Å². The number of imide groups is 1. The van der Waals surface area contributed by atoms with E-state index >= 15 is 0 Å². The van der Waals surface area contributed by atoms with Gasteiger partial charge in [0.25, 0.3) is 0 Å². The molecule has 3 atom stereocenters. The first-order valence-electron chi connectivity index (χ1n) is 14.3. The van der Waals surface area contributed by atoms with Gasteiger partial charge in [-0.2, -0.15) is 26.3 Å². The van der Waals surface area contributed by atoms with E-state index in [1.807, 2.05) is 0 Å². The number of amides is 3. The Bertz CT molecular complexity index is 2040. The number of benzene rings is 3. The number of halogens is 6. The van der Waals surface area contributed by atoms with E-state index < -0.39 is 75.4 Å². The average Bonchev–Trinajstić information content (AvgIpc) is 3.49. The first kappa shape index (κ1) is 34.1. The molecule has 0 bridgehead atoms. The summed E-state index contributed by atoms with van der Waals surface area (Å²) in [6.07, 6.45) is -9.53. The summed E-state index contributed by atoms with van der Waals surface area (Å²) in [5.74, 6) is -4.25. The SMILES string of the molecule is COc1ccc(C2c3sc(=O)n(CC(=O)Nc4ccccc4C(F)(F)F)c3SC3C(=O)N(c4cccc(C(F)(F)F)c4)C(=O)C32)cc1OC. The average molecular weight is 724 g/mol. The summed E-state index contributed by atoms with van der Waals surface area (Å²) in [4.78, 5) is 54.8. The highest BCUT2D eigenvalue weighted by atomic mass is 32.2. The van der Waals surface area contributed by atoms with Crippen LogP contribution in [0.4, 0.5) is 37.7 Å². The van der Waals surface area contributed by atoms with Crippen molar-refractivity contribution in [1.29, 1.82) is 0 Å². The van der Waals surface area contributed by atoms with Crippen LogP contribution in [0, 0.1) is 5.92 Å². The van der Waals surface area contributed by atoms with Gasteiger partial charge in [0.15, 0.2) is 11.5 Å². The van der Waals surface area contributed by atoms with Crippen molar-refractivity contribution in [3.8, 4) is 11.5 Å². The predicted octanol–water partition coefficient (Wildman–Crippen LogP) is 6.40. The molecule has 0 spiro atoms. The second-order valence-corrected chi connectivity index (χ2v) is 13.1. The minimum atomic E-state index is -4.78. The number of anilines is 2. The number of hydrogen-bond acceptors (Lipinski definition) is 8. The highest BCUT2D eigenvalue weighted by Crippen LogP contribution is 2.54. The molecule has 4 aromatic rings. The third kappa shape index (κ3) is 6.16. The van der Waals surface area contributed by atoms with Crippen LogP contribution in [-0.2, 0) is 33.3 Å². The Hall–Kier alpha value is -4.77. The van der Waals surface area contributed by atoms with Gasteiger partial charge in [0, 0.05) is 10.8 Å². The number of methoxy groups -OCH3 is 2. The van der Waals surface area contributed by atoms with Crippen LogP contribution in [-0.4, -0.2) is 41.8 Å². The number of rotatable bonds is 7. The molecule has 1 saturated heterocycles. The summed E-state index contributed by atoms with van der Waals surface area (Å²) in [5, 5.41) is 1.06. The summed E-state index contributed by atoms with van der Waals surface area (Å²) < 4.78 is 93.1. The highest BCUT2D eigenvalue weighted by Gasteiger charge is 2.57. The Morgan fingerprint density at radius 3 is 2.24 bits per heavy atom. The summed E-state index contributed by atoms with van der Waals surface area (Å²) >= 11 is 1.47. The number of carbonyl (C=O) groups is 3. The highest BCUT2D eigenvalue weighted by molar-refractivity contribution is 8.00. The van der Waals surface area contributed by atoms with E-state index in [1.165, 1.54) is 26.4 Å². The molecule has 2 aliphatic heterocycles. The first-order valence-corrected chi connectivity index (χ1v) is 16.0. The molecule has 6 rings (SSSR count). The van der Waals surface area contributed by atoms with Gasteiger partial charge in [-0.1, -0.05) is 47.4 Å². The van der Waals surface area contributed by atoms with E-state index in [-0.39, 0.29) is 21.3 Å². The second-order valence-electron chi connectivity index (χ2n) is 10.9. The van der Waals surface area contributed by atoms with Crippen molar-refractivity contribution in [2.75, 3.05) is 24.4 Å². The number of thiazole rings is 1. The van der Waals surface area contributed by atoms with Crippen LogP contribution in [0.1, 0.15) is 27.5 Å². The van der Waals surface area contributed by atoms with Crippen molar-refractivity contribution < 1.29 is 50.2 Å². The molecule has 0 radical (unpaired) electrons. The van der Waals surface area contributed by atoms with E-state index in [0.29, 0.717) is 33.6 Å². The summed E-state index contributed by atoms with van der Waals surface area (Å²) in [6, 6.07) is 12.7. The second kappa shape index (κ2) is 12.6. The lowest BCUT2D eigenvalue weighted by Crippen LogP contribution is -2.33. The van der Waals surface area contributed by atoms with Crippen molar-refractivity contribution in [3.63, 3.8) is 0 Å². The van der Waals surface area contributed by atoms with Gasteiger partial charge in [-0.25, -0.2) is 4.90 Å². The fourth-order valence-corrected chi connectivity index (χ4v) is 8.68. The number of nitrogens with one attached hydrogen (secondary N) is 1. The molecule has 9 nitrogen and oxygen atoms in total. The van der Waals surface area contributed by atoms with Gasteiger partial charge in [0.2, 0.25) is 17.7 Å². The van der Waals surface area contributed by atoms with Gasteiger partial charge >= 0.3 is 17.2 Å². The normalized spacial score (nSPS) is 19.0. The number of para-hydroxylation sites is 1. The maximum absolute atomic E-state index is 14.1. The number of carbonyl (C=O) groups excluding carboxylic acids is 3. The number of ether oxygens (including phenoxy) is 2. The van der Waals surface area contributed by atoms with Crippen LogP contribution in [0.3, 0.4) is 0 Å². The number of fused-ring (bicyclic) bond motifs is 2. The summed E-state index contributed by atoms with van der Waals surface area (Å²) in [6.45, 7) is -0.737.